The van der Waals surface area contributed by atoms with Crippen LogP contribution in [0, 0.1) is 0 Å². The number of carboxylic acid groups (broad SMARTS) is 1. The van der Waals surface area contributed by atoms with Crippen LogP contribution >= 0.6 is 0 Å². The summed E-state index contributed by atoms with van der Waals surface area (Å²) in [6, 6.07) is 5.58. The van der Waals surface area contributed by atoms with Crippen LogP contribution in [0.15, 0.2) is 24.4 Å². The normalized spacial score (nSPS) is 10.9. The fourth-order valence-electron chi connectivity index (χ4n) is 1.92. The van der Waals surface area contributed by atoms with Gasteiger partial charge in [-0.25, -0.2) is 0 Å². The second-order valence-corrected chi connectivity index (χ2v) is 3.85. The molecule has 0 amide bonds. The third-order valence-electron chi connectivity index (χ3n) is 2.66. The molecule has 0 atom stereocenters. The number of carboxylic acids is 1. The lowest BCUT2D eigenvalue weighted by atomic mass is 10.1. The number of hydrogen-bond acceptors (Lipinski definition) is 2. The molecule has 0 spiro atoms. The van der Waals surface area contributed by atoms with E-state index in [1.54, 1.807) is 0 Å². The lowest BCUT2D eigenvalue weighted by Gasteiger charge is -1.99. The summed E-state index contributed by atoms with van der Waals surface area (Å²) in [6.07, 6.45) is 1.83. The first-order chi connectivity index (χ1) is 7.61. The minimum Gasteiger partial charge on any atom is -0.481 e. The Bertz CT molecular complexity index is 542. The second-order valence-electron chi connectivity index (χ2n) is 3.85. The van der Waals surface area contributed by atoms with E-state index < -0.39 is 5.97 Å². The van der Waals surface area contributed by atoms with Crippen LogP contribution in [0.3, 0.4) is 0 Å². The highest BCUT2D eigenvalue weighted by Crippen LogP contribution is 2.22. The zero-order chi connectivity index (χ0) is 11.7. The van der Waals surface area contributed by atoms with Crippen LogP contribution in [0.5, 0.6) is 0 Å². The van der Waals surface area contributed by atoms with Gasteiger partial charge in [-0.05, 0) is 23.3 Å². The number of carbonyl (C=O) groups is 1. The zero-order valence-corrected chi connectivity index (χ0v) is 8.97. The molecule has 0 unspecified atom stereocenters. The van der Waals surface area contributed by atoms with Crippen molar-refractivity contribution in [3.05, 3.63) is 35.5 Å². The number of fused-ring (bicyclic) bond motifs is 1. The van der Waals surface area contributed by atoms with Gasteiger partial charge >= 0.3 is 5.97 Å². The number of aliphatic carboxylic acids is 1. The molecule has 84 valence electrons. The number of aromatic nitrogens is 1. The summed E-state index contributed by atoms with van der Waals surface area (Å²) in [5, 5.41) is 18.8. The molecule has 4 nitrogen and oxygen atoms in total. The molecule has 0 aliphatic carbocycles. The van der Waals surface area contributed by atoms with Crippen molar-refractivity contribution in [2.45, 2.75) is 13.0 Å². The highest BCUT2D eigenvalue weighted by atomic mass is 16.4. The summed E-state index contributed by atoms with van der Waals surface area (Å²) < 4.78 is 1.90. The molecule has 2 N–H and O–H groups in total. The fourth-order valence-corrected chi connectivity index (χ4v) is 1.92. The molecule has 2 rings (SSSR count). The summed E-state index contributed by atoms with van der Waals surface area (Å²) in [4.78, 5) is 10.7. The minimum absolute atomic E-state index is 0.00617. The number of nitrogens with zero attached hydrogens (tertiary/aromatic N) is 1. The lowest BCUT2D eigenvalue weighted by molar-refractivity contribution is -0.136. The Morgan fingerprint density at radius 3 is 2.81 bits per heavy atom. The summed E-state index contributed by atoms with van der Waals surface area (Å²) >= 11 is 0. The van der Waals surface area contributed by atoms with Gasteiger partial charge in [-0.1, -0.05) is 6.07 Å². The zero-order valence-electron chi connectivity index (χ0n) is 8.97. The van der Waals surface area contributed by atoms with E-state index in [9.17, 15) is 4.79 Å². The monoisotopic (exact) mass is 219 g/mol. The van der Waals surface area contributed by atoms with E-state index in [1.165, 1.54) is 0 Å². The Morgan fingerprint density at radius 1 is 1.44 bits per heavy atom. The van der Waals surface area contributed by atoms with Crippen molar-refractivity contribution in [3.63, 3.8) is 0 Å². The molecule has 1 heterocycles. The Balaban J connectivity index is 2.60. The van der Waals surface area contributed by atoms with Gasteiger partial charge in [0.1, 0.15) is 0 Å². The van der Waals surface area contributed by atoms with Crippen molar-refractivity contribution < 1.29 is 15.0 Å². The van der Waals surface area contributed by atoms with Gasteiger partial charge in [0.15, 0.2) is 0 Å². The van der Waals surface area contributed by atoms with Crippen LogP contribution < -0.4 is 0 Å². The SMILES string of the molecule is Cn1cc(CC(=O)O)c2cc(CO)ccc21. The molecule has 0 saturated carbocycles. The average Bonchev–Trinajstić information content (AvgIpc) is 2.54. The molecule has 0 radical (unpaired) electrons. The van der Waals surface area contributed by atoms with Crippen LogP contribution in [0.25, 0.3) is 10.9 Å². The van der Waals surface area contributed by atoms with Crippen LogP contribution in [-0.4, -0.2) is 20.7 Å². The summed E-state index contributed by atoms with van der Waals surface area (Å²) in [5.74, 6) is -0.845. The molecular formula is C12H13NO3. The number of aliphatic hydroxyl groups is 1. The smallest absolute Gasteiger partial charge is 0.307 e. The topological polar surface area (TPSA) is 62.5 Å². The summed E-state index contributed by atoms with van der Waals surface area (Å²) in [5.41, 5.74) is 2.55. The lowest BCUT2D eigenvalue weighted by Crippen LogP contribution is -1.99. The number of aliphatic hydroxyl groups excluding tert-OH is 1. The van der Waals surface area contributed by atoms with E-state index in [-0.39, 0.29) is 13.0 Å². The third-order valence-corrected chi connectivity index (χ3v) is 2.66. The highest BCUT2D eigenvalue weighted by Gasteiger charge is 2.10. The van der Waals surface area contributed by atoms with Crippen LogP contribution in [0.1, 0.15) is 11.1 Å². The van der Waals surface area contributed by atoms with Crippen molar-refractivity contribution in [1.29, 1.82) is 0 Å². The second kappa shape index (κ2) is 3.98. The van der Waals surface area contributed by atoms with E-state index in [0.29, 0.717) is 0 Å². The quantitative estimate of drug-likeness (QED) is 0.817. The average molecular weight is 219 g/mol. The molecular weight excluding hydrogens is 206 g/mol. The molecule has 4 heteroatoms. The van der Waals surface area contributed by atoms with E-state index in [2.05, 4.69) is 0 Å². The largest absolute Gasteiger partial charge is 0.481 e. The van der Waals surface area contributed by atoms with Crippen molar-refractivity contribution in [1.82, 2.24) is 4.57 Å². The predicted molar refractivity (Wildman–Crippen MR) is 60.2 cm³/mol. The Hall–Kier alpha value is -1.81. The third kappa shape index (κ3) is 1.79. The minimum atomic E-state index is -0.845. The van der Waals surface area contributed by atoms with Crippen LogP contribution in [-0.2, 0) is 24.9 Å². The maximum absolute atomic E-state index is 10.7. The molecule has 0 aliphatic heterocycles. The van der Waals surface area contributed by atoms with Gasteiger partial charge in [0.05, 0.1) is 13.0 Å². The Morgan fingerprint density at radius 2 is 2.19 bits per heavy atom. The standard InChI is InChI=1S/C12H13NO3/c1-13-6-9(5-12(15)16)10-4-8(7-14)2-3-11(10)13/h2-4,6,14H,5,7H2,1H3,(H,15,16). The van der Waals surface area contributed by atoms with Crippen molar-refractivity contribution >= 4 is 16.9 Å². The van der Waals surface area contributed by atoms with Gasteiger partial charge in [0, 0.05) is 24.1 Å². The van der Waals surface area contributed by atoms with Crippen molar-refractivity contribution in [2.75, 3.05) is 0 Å². The maximum Gasteiger partial charge on any atom is 0.307 e. The molecule has 0 saturated heterocycles. The molecule has 0 fully saturated rings. The fraction of sp³-hybridized carbons (Fsp3) is 0.250. The van der Waals surface area contributed by atoms with E-state index in [4.69, 9.17) is 10.2 Å². The molecule has 1 aromatic carbocycles. The molecule has 0 aliphatic rings. The van der Waals surface area contributed by atoms with Crippen LogP contribution in [0.2, 0.25) is 0 Å². The van der Waals surface area contributed by atoms with E-state index in [1.807, 2.05) is 36.0 Å². The van der Waals surface area contributed by atoms with Crippen molar-refractivity contribution in [3.8, 4) is 0 Å². The number of hydrogen-bond donors (Lipinski definition) is 2. The number of benzene rings is 1. The number of rotatable bonds is 3. The van der Waals surface area contributed by atoms with E-state index in [0.717, 1.165) is 22.0 Å². The first-order valence-corrected chi connectivity index (χ1v) is 5.01. The van der Waals surface area contributed by atoms with Gasteiger partial charge in [0.2, 0.25) is 0 Å². The van der Waals surface area contributed by atoms with Gasteiger partial charge in [-0.15, -0.1) is 0 Å². The van der Waals surface area contributed by atoms with Gasteiger partial charge in [-0.3, -0.25) is 4.79 Å². The first kappa shape index (κ1) is 10.7. The highest BCUT2D eigenvalue weighted by molar-refractivity contribution is 5.88. The summed E-state index contributed by atoms with van der Waals surface area (Å²) in [6.45, 7) is -0.0304. The molecule has 1 aromatic heterocycles. The molecule has 0 bridgehead atoms. The Kier molecular flexibility index (Phi) is 2.66. The van der Waals surface area contributed by atoms with Gasteiger partial charge < -0.3 is 14.8 Å². The molecule has 16 heavy (non-hydrogen) atoms. The maximum atomic E-state index is 10.7. The number of aryl methyl sites for hydroxylation is 1. The molecule has 2 aromatic rings. The summed E-state index contributed by atoms with van der Waals surface area (Å²) in [7, 11) is 1.88. The van der Waals surface area contributed by atoms with E-state index >= 15 is 0 Å². The predicted octanol–water partition coefficient (Wildman–Crippen LogP) is 1.30. The van der Waals surface area contributed by atoms with Crippen LogP contribution in [0.4, 0.5) is 0 Å². The van der Waals surface area contributed by atoms with Gasteiger partial charge in [0.25, 0.3) is 0 Å². The van der Waals surface area contributed by atoms with Crippen molar-refractivity contribution in [2.24, 2.45) is 7.05 Å². The van der Waals surface area contributed by atoms with Gasteiger partial charge in [-0.2, -0.15) is 0 Å². The Labute approximate surface area is 92.7 Å². The first-order valence-electron chi connectivity index (χ1n) is 5.01.